The second kappa shape index (κ2) is 9.99. The predicted molar refractivity (Wildman–Crippen MR) is 101 cm³/mol. The normalized spacial score (nSPS) is 35.3. The molecule has 0 nitrogen and oxygen atoms in total. The Kier molecular flexibility index (Phi) is 9.10. The lowest BCUT2D eigenvalue weighted by atomic mass is 9.60. The summed E-state index contributed by atoms with van der Waals surface area (Å²) in [6, 6.07) is 0. The Bertz CT molecular complexity index is 280. The summed E-state index contributed by atoms with van der Waals surface area (Å²) in [6.07, 6.45) is 11.4. The fraction of sp³-hybridized carbons (Fsp3) is 1.00. The maximum atomic E-state index is 2.55. The molecule has 0 aliphatic heterocycles. The van der Waals surface area contributed by atoms with Crippen molar-refractivity contribution in [3.8, 4) is 0 Å². The highest BCUT2D eigenvalue weighted by Gasteiger charge is 2.38. The van der Waals surface area contributed by atoms with Crippen molar-refractivity contribution in [1.29, 1.82) is 0 Å². The molecule has 0 aromatic heterocycles. The minimum atomic E-state index is 0.914. The van der Waals surface area contributed by atoms with Crippen molar-refractivity contribution < 1.29 is 0 Å². The van der Waals surface area contributed by atoms with E-state index in [0.29, 0.717) is 0 Å². The molecule has 1 fully saturated rings. The fourth-order valence-electron chi connectivity index (χ4n) is 5.33. The van der Waals surface area contributed by atoms with Gasteiger partial charge in [0.1, 0.15) is 0 Å². The number of hydrogen-bond acceptors (Lipinski definition) is 0. The molecule has 0 aromatic carbocycles. The fourth-order valence-corrected chi connectivity index (χ4v) is 5.33. The lowest BCUT2D eigenvalue weighted by Gasteiger charge is -2.45. The molecule has 1 saturated carbocycles. The average molecular weight is 309 g/mol. The molecular weight excluding hydrogens is 264 g/mol. The molecule has 0 amide bonds. The second-order valence-corrected chi connectivity index (χ2v) is 8.46. The maximum Gasteiger partial charge on any atom is -0.0380 e. The molecule has 1 aliphatic carbocycles. The van der Waals surface area contributed by atoms with Gasteiger partial charge in [0.2, 0.25) is 0 Å². The zero-order valence-electron chi connectivity index (χ0n) is 16.7. The van der Waals surface area contributed by atoms with E-state index >= 15 is 0 Å². The largest absolute Gasteiger partial charge is 0.0654 e. The molecule has 0 heterocycles. The highest BCUT2D eigenvalue weighted by Crippen LogP contribution is 2.46. The van der Waals surface area contributed by atoms with Crippen LogP contribution in [0.25, 0.3) is 0 Å². The Morgan fingerprint density at radius 3 is 1.86 bits per heavy atom. The zero-order valence-corrected chi connectivity index (χ0v) is 16.7. The van der Waals surface area contributed by atoms with E-state index in [4.69, 9.17) is 0 Å². The van der Waals surface area contributed by atoms with Gasteiger partial charge in [-0.05, 0) is 54.3 Å². The van der Waals surface area contributed by atoms with Crippen molar-refractivity contribution in [3.63, 3.8) is 0 Å². The third-order valence-corrected chi connectivity index (χ3v) is 7.53. The molecule has 0 radical (unpaired) electrons. The quantitative estimate of drug-likeness (QED) is 0.412. The van der Waals surface area contributed by atoms with Gasteiger partial charge in [0, 0.05) is 0 Å². The molecule has 0 bridgehead atoms. The van der Waals surface area contributed by atoms with Gasteiger partial charge in [-0.15, -0.1) is 0 Å². The first-order chi connectivity index (χ1) is 10.5. The lowest BCUT2D eigenvalue weighted by molar-refractivity contribution is 0.0432. The molecule has 0 spiro atoms. The Morgan fingerprint density at radius 1 is 0.773 bits per heavy atom. The highest BCUT2D eigenvalue weighted by atomic mass is 14.4. The Morgan fingerprint density at radius 2 is 1.36 bits per heavy atom. The third-order valence-electron chi connectivity index (χ3n) is 7.53. The number of rotatable bonds is 9. The molecule has 22 heavy (non-hydrogen) atoms. The van der Waals surface area contributed by atoms with E-state index in [1.165, 1.54) is 51.4 Å². The highest BCUT2D eigenvalue weighted by molar-refractivity contribution is 4.87. The Balaban J connectivity index is 2.71. The van der Waals surface area contributed by atoms with Gasteiger partial charge < -0.3 is 0 Å². The van der Waals surface area contributed by atoms with Crippen molar-refractivity contribution in [1.82, 2.24) is 0 Å². The van der Waals surface area contributed by atoms with E-state index in [2.05, 4.69) is 48.5 Å². The summed E-state index contributed by atoms with van der Waals surface area (Å²) in [4.78, 5) is 0. The topological polar surface area (TPSA) is 0 Å². The zero-order chi connectivity index (χ0) is 16.7. The van der Waals surface area contributed by atoms with Crippen LogP contribution in [0.1, 0.15) is 99.8 Å². The molecule has 0 saturated heterocycles. The summed E-state index contributed by atoms with van der Waals surface area (Å²) in [7, 11) is 0. The summed E-state index contributed by atoms with van der Waals surface area (Å²) < 4.78 is 0. The van der Waals surface area contributed by atoms with Crippen molar-refractivity contribution in [2.45, 2.75) is 99.8 Å². The van der Waals surface area contributed by atoms with E-state index in [1.807, 2.05) is 0 Å². The first kappa shape index (κ1) is 20.0. The van der Waals surface area contributed by atoms with Crippen LogP contribution in [0.5, 0.6) is 0 Å². The summed E-state index contributed by atoms with van der Waals surface area (Å²) in [6.45, 7) is 17.2. The van der Waals surface area contributed by atoms with Gasteiger partial charge in [-0.1, -0.05) is 87.0 Å². The van der Waals surface area contributed by atoms with E-state index in [9.17, 15) is 0 Å². The van der Waals surface area contributed by atoms with Crippen molar-refractivity contribution in [2.24, 2.45) is 41.4 Å². The molecule has 132 valence electrons. The van der Waals surface area contributed by atoms with E-state index < -0.39 is 0 Å². The summed E-state index contributed by atoms with van der Waals surface area (Å²) >= 11 is 0. The van der Waals surface area contributed by atoms with Crippen LogP contribution in [0.3, 0.4) is 0 Å². The molecule has 1 aliphatic rings. The van der Waals surface area contributed by atoms with Crippen molar-refractivity contribution in [2.75, 3.05) is 0 Å². The van der Waals surface area contributed by atoms with Crippen molar-refractivity contribution >= 4 is 0 Å². The molecule has 0 N–H and O–H groups in total. The van der Waals surface area contributed by atoms with Crippen LogP contribution >= 0.6 is 0 Å². The van der Waals surface area contributed by atoms with Gasteiger partial charge in [0.15, 0.2) is 0 Å². The van der Waals surface area contributed by atoms with Crippen LogP contribution in [0.2, 0.25) is 0 Å². The van der Waals surface area contributed by atoms with Gasteiger partial charge in [0.25, 0.3) is 0 Å². The van der Waals surface area contributed by atoms with Crippen molar-refractivity contribution in [3.05, 3.63) is 0 Å². The number of unbranched alkanes of at least 4 members (excludes halogenated alkanes) is 1. The van der Waals surface area contributed by atoms with Gasteiger partial charge in [-0.3, -0.25) is 0 Å². The summed E-state index contributed by atoms with van der Waals surface area (Å²) in [5.74, 6) is 6.68. The summed E-state index contributed by atoms with van der Waals surface area (Å²) in [5, 5.41) is 0. The predicted octanol–water partition coefficient (Wildman–Crippen LogP) is 7.57. The summed E-state index contributed by atoms with van der Waals surface area (Å²) in [5.41, 5.74) is 0. The van der Waals surface area contributed by atoms with Crippen LogP contribution in [0.15, 0.2) is 0 Å². The smallest absolute Gasteiger partial charge is 0.0380 e. The van der Waals surface area contributed by atoms with Crippen LogP contribution in [0.4, 0.5) is 0 Å². The molecule has 0 aromatic rings. The molecule has 0 heteroatoms. The van der Waals surface area contributed by atoms with E-state index in [0.717, 1.165) is 41.4 Å². The Hall–Kier alpha value is 0. The van der Waals surface area contributed by atoms with Crippen LogP contribution < -0.4 is 0 Å². The lowest BCUT2D eigenvalue weighted by Crippen LogP contribution is -2.37. The number of hydrogen-bond donors (Lipinski definition) is 0. The molecule has 7 atom stereocenters. The average Bonchev–Trinajstić information content (AvgIpc) is 2.54. The maximum absolute atomic E-state index is 2.55. The molecule has 1 rings (SSSR count). The van der Waals surface area contributed by atoms with Crippen LogP contribution in [0, 0.1) is 41.4 Å². The third kappa shape index (κ3) is 5.00. The first-order valence-electron chi connectivity index (χ1n) is 10.5. The van der Waals surface area contributed by atoms with Crippen LogP contribution in [-0.4, -0.2) is 0 Å². The van der Waals surface area contributed by atoms with Gasteiger partial charge >= 0.3 is 0 Å². The first-order valence-corrected chi connectivity index (χ1v) is 10.5. The van der Waals surface area contributed by atoms with Crippen LogP contribution in [-0.2, 0) is 0 Å². The molecular formula is C22H44. The van der Waals surface area contributed by atoms with E-state index in [1.54, 1.807) is 0 Å². The monoisotopic (exact) mass is 308 g/mol. The second-order valence-electron chi connectivity index (χ2n) is 8.46. The minimum Gasteiger partial charge on any atom is -0.0654 e. The SMILES string of the molecule is CCCC[C@H](CC)C(CC)CC1C[C@H](CC)C(C)[C@H](C)C1C. The minimum absolute atomic E-state index is 0.914. The standard InChI is InChI=1S/C22H44/c1-8-12-13-19(9-2)21(11-4)15-22-14-20(10-3)17(6)16(5)18(22)7/h16-22H,8-15H2,1-7H3/t16-,17?,18?,19-,20-,21?,22?/m0/s1. The van der Waals surface area contributed by atoms with E-state index in [-0.39, 0.29) is 0 Å². The van der Waals surface area contributed by atoms with Gasteiger partial charge in [0.05, 0.1) is 0 Å². The Labute approximate surface area is 141 Å². The van der Waals surface area contributed by atoms with Gasteiger partial charge in [-0.2, -0.15) is 0 Å². The van der Waals surface area contributed by atoms with Gasteiger partial charge in [-0.25, -0.2) is 0 Å². The molecule has 4 unspecified atom stereocenters.